The second-order valence-corrected chi connectivity index (χ2v) is 6.63. The highest BCUT2D eigenvalue weighted by Gasteiger charge is 2.05. The van der Waals surface area contributed by atoms with Gasteiger partial charge in [-0.2, -0.15) is 0 Å². The average Bonchev–Trinajstić information content (AvgIpc) is 2.65. The minimum absolute atomic E-state index is 0.205. The number of carboxylic acid groups (broad SMARTS) is 1. The number of aromatic nitrogens is 1. The number of aromatic carboxylic acids is 1. The quantitative estimate of drug-likeness (QED) is 0.937. The lowest BCUT2D eigenvalue weighted by Gasteiger charge is -1.98. The van der Waals surface area contributed by atoms with Crippen molar-refractivity contribution < 1.29 is 9.90 Å². The number of carboxylic acids is 1. The fraction of sp³-hybridized carbons (Fsp3) is 0. The Hall–Kier alpha value is -0.850. The standard InChI is InChI=1S/C10H6BrNO2S2/c11-7-2-4-9(15-7)16-8-3-1-6(5-12-8)10(13)14/h1-5H,(H,13,14). The summed E-state index contributed by atoms with van der Waals surface area (Å²) in [5.74, 6) is -0.956. The minimum Gasteiger partial charge on any atom is -0.478 e. The normalized spacial score (nSPS) is 10.3. The molecule has 6 heteroatoms. The molecule has 2 heterocycles. The molecular weight excluding hydrogens is 310 g/mol. The van der Waals surface area contributed by atoms with Gasteiger partial charge in [-0.3, -0.25) is 0 Å². The first-order valence-corrected chi connectivity index (χ1v) is 6.70. The van der Waals surface area contributed by atoms with Crippen molar-refractivity contribution >= 4 is 45.0 Å². The van der Waals surface area contributed by atoms with Crippen LogP contribution in [0.4, 0.5) is 0 Å². The predicted octanol–water partition coefficient (Wildman–Crippen LogP) is 3.76. The number of nitrogens with zero attached hydrogens (tertiary/aromatic N) is 1. The molecule has 0 aliphatic rings. The molecule has 2 aromatic heterocycles. The van der Waals surface area contributed by atoms with Crippen molar-refractivity contribution in [2.75, 3.05) is 0 Å². The molecule has 0 aliphatic heterocycles. The molecule has 16 heavy (non-hydrogen) atoms. The maximum Gasteiger partial charge on any atom is 0.337 e. The number of hydrogen-bond acceptors (Lipinski definition) is 4. The summed E-state index contributed by atoms with van der Waals surface area (Å²) in [5.41, 5.74) is 0.205. The van der Waals surface area contributed by atoms with Crippen LogP contribution in [0.5, 0.6) is 0 Å². The van der Waals surface area contributed by atoms with Crippen molar-refractivity contribution in [1.82, 2.24) is 4.98 Å². The number of hydrogen-bond donors (Lipinski definition) is 1. The first-order chi connectivity index (χ1) is 7.65. The van der Waals surface area contributed by atoms with Gasteiger partial charge < -0.3 is 5.11 Å². The largest absolute Gasteiger partial charge is 0.478 e. The Kier molecular flexibility index (Phi) is 3.63. The van der Waals surface area contributed by atoms with Crippen LogP contribution < -0.4 is 0 Å². The van der Waals surface area contributed by atoms with Gasteiger partial charge >= 0.3 is 5.97 Å². The molecule has 0 bridgehead atoms. The Bertz CT molecular complexity index is 510. The van der Waals surface area contributed by atoms with Gasteiger partial charge in [-0.15, -0.1) is 11.3 Å². The van der Waals surface area contributed by atoms with E-state index in [2.05, 4.69) is 20.9 Å². The number of carbonyl (C=O) groups is 1. The summed E-state index contributed by atoms with van der Waals surface area (Å²) in [4.78, 5) is 14.7. The Morgan fingerprint density at radius 3 is 2.69 bits per heavy atom. The van der Waals surface area contributed by atoms with Gasteiger partial charge in [-0.1, -0.05) is 11.8 Å². The van der Waals surface area contributed by atoms with Crippen LogP contribution in [-0.4, -0.2) is 16.1 Å². The second kappa shape index (κ2) is 4.99. The Balaban J connectivity index is 2.14. The summed E-state index contributed by atoms with van der Waals surface area (Å²) in [6, 6.07) is 7.23. The smallest absolute Gasteiger partial charge is 0.337 e. The zero-order valence-corrected chi connectivity index (χ0v) is 11.1. The molecule has 0 saturated heterocycles. The molecule has 0 aliphatic carbocycles. The van der Waals surface area contributed by atoms with Crippen LogP contribution in [0.2, 0.25) is 0 Å². The zero-order valence-electron chi connectivity index (χ0n) is 7.88. The van der Waals surface area contributed by atoms with E-state index in [0.717, 1.165) is 13.0 Å². The van der Waals surface area contributed by atoms with E-state index in [0.29, 0.717) is 0 Å². The fourth-order valence-corrected chi connectivity index (χ4v) is 3.74. The van der Waals surface area contributed by atoms with E-state index in [4.69, 9.17) is 5.11 Å². The molecule has 0 saturated carbocycles. The molecule has 1 N–H and O–H groups in total. The molecule has 2 aromatic rings. The summed E-state index contributed by atoms with van der Waals surface area (Å²) in [5, 5.41) is 9.51. The van der Waals surface area contributed by atoms with E-state index in [1.165, 1.54) is 18.0 Å². The maximum absolute atomic E-state index is 10.6. The highest BCUT2D eigenvalue weighted by molar-refractivity contribution is 9.11. The van der Waals surface area contributed by atoms with Crippen molar-refractivity contribution in [2.45, 2.75) is 9.24 Å². The Labute approximate surface area is 109 Å². The van der Waals surface area contributed by atoms with Crippen LogP contribution in [0.15, 0.2) is 43.5 Å². The van der Waals surface area contributed by atoms with Gasteiger partial charge in [0.15, 0.2) is 0 Å². The summed E-state index contributed by atoms with van der Waals surface area (Å²) in [6.45, 7) is 0. The average molecular weight is 316 g/mol. The lowest BCUT2D eigenvalue weighted by molar-refractivity contribution is 0.0696. The van der Waals surface area contributed by atoms with Crippen molar-refractivity contribution in [3.8, 4) is 0 Å². The molecule has 3 nitrogen and oxygen atoms in total. The predicted molar refractivity (Wildman–Crippen MR) is 67.3 cm³/mol. The molecule has 0 fully saturated rings. The van der Waals surface area contributed by atoms with Crippen LogP contribution in [0.3, 0.4) is 0 Å². The van der Waals surface area contributed by atoms with Gasteiger partial charge in [0.05, 0.1) is 13.6 Å². The molecule has 2 rings (SSSR count). The molecular formula is C10H6BrNO2S2. The van der Waals surface area contributed by atoms with E-state index in [9.17, 15) is 4.79 Å². The summed E-state index contributed by atoms with van der Waals surface area (Å²) in [7, 11) is 0. The van der Waals surface area contributed by atoms with Crippen molar-refractivity contribution in [1.29, 1.82) is 0 Å². The Morgan fingerprint density at radius 2 is 2.19 bits per heavy atom. The fourth-order valence-electron chi connectivity index (χ4n) is 1.02. The van der Waals surface area contributed by atoms with E-state index >= 15 is 0 Å². The van der Waals surface area contributed by atoms with Crippen molar-refractivity contribution in [2.24, 2.45) is 0 Å². The van der Waals surface area contributed by atoms with Crippen LogP contribution in [0.1, 0.15) is 10.4 Å². The number of pyridine rings is 1. The van der Waals surface area contributed by atoms with Gasteiger partial charge in [-0.05, 0) is 40.2 Å². The highest BCUT2D eigenvalue weighted by Crippen LogP contribution is 2.34. The van der Waals surface area contributed by atoms with Crippen molar-refractivity contribution in [3.05, 3.63) is 39.8 Å². The second-order valence-electron chi connectivity index (χ2n) is 2.85. The molecule has 0 unspecified atom stereocenters. The van der Waals surface area contributed by atoms with E-state index < -0.39 is 5.97 Å². The van der Waals surface area contributed by atoms with E-state index in [-0.39, 0.29) is 5.56 Å². The number of halogens is 1. The lowest BCUT2D eigenvalue weighted by Crippen LogP contribution is -1.96. The van der Waals surface area contributed by atoms with E-state index in [1.807, 2.05) is 12.1 Å². The van der Waals surface area contributed by atoms with Crippen LogP contribution >= 0.6 is 39.0 Å². The minimum atomic E-state index is -0.956. The third-order valence-corrected chi connectivity index (χ3v) is 4.44. The number of rotatable bonds is 3. The first kappa shape index (κ1) is 11.6. The molecule has 0 aromatic carbocycles. The number of thiophene rings is 1. The zero-order chi connectivity index (χ0) is 11.5. The van der Waals surface area contributed by atoms with Gasteiger partial charge in [0.25, 0.3) is 0 Å². The molecule has 82 valence electrons. The SMILES string of the molecule is O=C(O)c1ccc(Sc2ccc(Br)s2)nc1. The molecule has 0 spiro atoms. The molecule has 0 atom stereocenters. The molecule has 0 amide bonds. The maximum atomic E-state index is 10.6. The van der Waals surface area contributed by atoms with Gasteiger partial charge in [-0.25, -0.2) is 9.78 Å². The third-order valence-electron chi connectivity index (χ3n) is 1.74. The van der Waals surface area contributed by atoms with Crippen molar-refractivity contribution in [3.63, 3.8) is 0 Å². The summed E-state index contributed by atoms with van der Waals surface area (Å²) < 4.78 is 2.18. The lowest BCUT2D eigenvalue weighted by atomic mass is 10.3. The summed E-state index contributed by atoms with van der Waals surface area (Å²) >= 11 is 6.51. The van der Waals surface area contributed by atoms with E-state index in [1.54, 1.807) is 23.5 Å². The summed E-state index contributed by atoms with van der Waals surface area (Å²) in [6.07, 6.45) is 1.37. The monoisotopic (exact) mass is 315 g/mol. The van der Waals surface area contributed by atoms with Gasteiger partial charge in [0, 0.05) is 6.20 Å². The van der Waals surface area contributed by atoms with Crippen LogP contribution in [0, 0.1) is 0 Å². The van der Waals surface area contributed by atoms with Gasteiger partial charge in [0.1, 0.15) is 5.03 Å². The van der Waals surface area contributed by atoms with Gasteiger partial charge in [0.2, 0.25) is 0 Å². The van der Waals surface area contributed by atoms with Crippen LogP contribution in [0.25, 0.3) is 0 Å². The van der Waals surface area contributed by atoms with Crippen LogP contribution in [-0.2, 0) is 0 Å². The molecule has 0 radical (unpaired) electrons. The third kappa shape index (κ3) is 2.84. The topological polar surface area (TPSA) is 50.2 Å². The Morgan fingerprint density at radius 1 is 1.38 bits per heavy atom. The highest BCUT2D eigenvalue weighted by atomic mass is 79.9. The first-order valence-electron chi connectivity index (χ1n) is 4.28.